The van der Waals surface area contributed by atoms with Crippen LogP contribution in [0.25, 0.3) is 0 Å². The van der Waals surface area contributed by atoms with Gasteiger partial charge in [0.15, 0.2) is 0 Å². The first kappa shape index (κ1) is 14.5. The normalized spacial score (nSPS) is 10.3. The van der Waals surface area contributed by atoms with Crippen LogP contribution in [0, 0.1) is 13.0 Å². The van der Waals surface area contributed by atoms with Crippen molar-refractivity contribution in [2.24, 2.45) is 0 Å². The highest BCUT2D eigenvalue weighted by molar-refractivity contribution is 14.1. The molecule has 2 aromatic rings. The summed E-state index contributed by atoms with van der Waals surface area (Å²) in [5.74, 6) is -0.735. The van der Waals surface area contributed by atoms with Gasteiger partial charge in [0, 0.05) is 5.56 Å². The highest BCUT2D eigenvalue weighted by Crippen LogP contribution is 2.23. The standard InChI is InChI=1S/C13H8FI2NO2/c14-8-2-1-3-10(12(8)16)17-13(19)7-4-5-9(15)11(18)6-7/h1-6,18H,(H,17,19). The molecule has 0 saturated heterocycles. The Balaban J connectivity index is 2.26. The van der Waals surface area contributed by atoms with Crippen LogP contribution in [0.2, 0.25) is 0 Å². The van der Waals surface area contributed by atoms with E-state index in [-0.39, 0.29) is 11.6 Å². The molecule has 0 aliphatic rings. The molecule has 6 heteroatoms. The number of carbonyl (C=O) groups is 1. The molecule has 0 aromatic heterocycles. The molecule has 0 atom stereocenters. The molecule has 0 heterocycles. The van der Waals surface area contributed by atoms with Crippen LogP contribution >= 0.6 is 45.2 Å². The zero-order valence-corrected chi connectivity index (χ0v) is 13.8. The number of hydrogen-bond acceptors (Lipinski definition) is 2. The van der Waals surface area contributed by atoms with Gasteiger partial charge in [-0.1, -0.05) is 6.07 Å². The van der Waals surface area contributed by atoms with E-state index in [4.69, 9.17) is 0 Å². The minimum atomic E-state index is -0.393. The quantitative estimate of drug-likeness (QED) is 0.636. The number of amides is 1. The molecule has 2 N–H and O–H groups in total. The molecule has 98 valence electrons. The van der Waals surface area contributed by atoms with E-state index in [1.807, 2.05) is 45.2 Å². The number of aromatic hydroxyl groups is 1. The van der Waals surface area contributed by atoms with Crippen molar-refractivity contribution < 1.29 is 14.3 Å². The lowest BCUT2D eigenvalue weighted by atomic mass is 10.2. The first-order valence-electron chi connectivity index (χ1n) is 5.23. The van der Waals surface area contributed by atoms with Gasteiger partial charge in [0.2, 0.25) is 0 Å². The molecule has 0 fully saturated rings. The molecule has 0 spiro atoms. The van der Waals surface area contributed by atoms with Gasteiger partial charge in [0.25, 0.3) is 5.91 Å². The van der Waals surface area contributed by atoms with Crippen LogP contribution in [-0.2, 0) is 0 Å². The second-order valence-electron chi connectivity index (χ2n) is 3.72. The fourth-order valence-corrected chi connectivity index (χ4v) is 2.28. The van der Waals surface area contributed by atoms with E-state index in [1.165, 1.54) is 18.2 Å². The van der Waals surface area contributed by atoms with Gasteiger partial charge in [-0.3, -0.25) is 4.79 Å². The maximum atomic E-state index is 13.3. The van der Waals surface area contributed by atoms with Crippen molar-refractivity contribution in [1.29, 1.82) is 0 Å². The highest BCUT2D eigenvalue weighted by Gasteiger charge is 2.11. The molecule has 0 aliphatic carbocycles. The summed E-state index contributed by atoms with van der Waals surface area (Å²) in [5, 5.41) is 12.2. The third-order valence-corrected chi connectivity index (χ3v) is 4.42. The van der Waals surface area contributed by atoms with E-state index >= 15 is 0 Å². The van der Waals surface area contributed by atoms with Gasteiger partial charge < -0.3 is 10.4 Å². The molecule has 0 saturated carbocycles. The zero-order valence-electron chi connectivity index (χ0n) is 9.45. The fraction of sp³-hybridized carbons (Fsp3) is 0. The zero-order chi connectivity index (χ0) is 14.0. The number of benzene rings is 2. The second kappa shape index (κ2) is 6.04. The van der Waals surface area contributed by atoms with Crippen molar-refractivity contribution in [2.75, 3.05) is 5.32 Å². The summed E-state index contributed by atoms with van der Waals surface area (Å²) in [6, 6.07) is 9.09. The molecule has 2 rings (SSSR count). The first-order valence-corrected chi connectivity index (χ1v) is 7.38. The maximum Gasteiger partial charge on any atom is 0.255 e. The van der Waals surface area contributed by atoms with Crippen LogP contribution in [0.1, 0.15) is 10.4 Å². The van der Waals surface area contributed by atoms with Crippen LogP contribution in [0.15, 0.2) is 36.4 Å². The summed E-state index contributed by atoms with van der Waals surface area (Å²) < 4.78 is 14.4. The Bertz CT molecular complexity index is 647. The van der Waals surface area contributed by atoms with E-state index in [2.05, 4.69) is 5.32 Å². The molecule has 1 amide bonds. The lowest BCUT2D eigenvalue weighted by Gasteiger charge is -2.08. The van der Waals surface area contributed by atoms with Crippen molar-refractivity contribution in [3.05, 3.63) is 54.9 Å². The SMILES string of the molecule is O=C(Nc1cccc(F)c1I)c1ccc(I)c(O)c1. The minimum absolute atomic E-state index is 0.0437. The summed E-state index contributed by atoms with van der Waals surface area (Å²) in [6.07, 6.45) is 0. The Hall–Kier alpha value is -0.900. The number of carbonyl (C=O) groups excluding carboxylic acids is 1. The lowest BCUT2D eigenvalue weighted by molar-refractivity contribution is 0.102. The Morgan fingerprint density at radius 1 is 1.21 bits per heavy atom. The van der Waals surface area contributed by atoms with Crippen molar-refractivity contribution >= 4 is 56.8 Å². The summed E-state index contributed by atoms with van der Waals surface area (Å²) in [5.41, 5.74) is 0.724. The van der Waals surface area contributed by atoms with Gasteiger partial charge in [0.1, 0.15) is 11.6 Å². The van der Waals surface area contributed by atoms with Crippen LogP contribution in [-0.4, -0.2) is 11.0 Å². The predicted molar refractivity (Wildman–Crippen MR) is 87.9 cm³/mol. The van der Waals surface area contributed by atoms with Gasteiger partial charge in [-0.15, -0.1) is 0 Å². The number of anilines is 1. The summed E-state index contributed by atoms with van der Waals surface area (Å²) in [7, 11) is 0. The molecule has 0 aliphatic heterocycles. The number of hydrogen-bond donors (Lipinski definition) is 2. The maximum absolute atomic E-state index is 13.3. The third kappa shape index (κ3) is 3.35. The topological polar surface area (TPSA) is 49.3 Å². The molecule has 2 aromatic carbocycles. The van der Waals surface area contributed by atoms with Crippen molar-refractivity contribution in [2.45, 2.75) is 0 Å². The fourth-order valence-electron chi connectivity index (χ4n) is 1.45. The van der Waals surface area contributed by atoms with E-state index in [0.29, 0.717) is 18.4 Å². The molecule has 0 unspecified atom stereocenters. The van der Waals surface area contributed by atoms with E-state index in [1.54, 1.807) is 18.2 Å². The van der Waals surface area contributed by atoms with Crippen LogP contribution in [0.5, 0.6) is 5.75 Å². The summed E-state index contributed by atoms with van der Waals surface area (Å²) >= 11 is 3.79. The van der Waals surface area contributed by atoms with Crippen LogP contribution in [0.3, 0.4) is 0 Å². The smallest absolute Gasteiger partial charge is 0.255 e. The highest BCUT2D eigenvalue weighted by atomic mass is 127. The van der Waals surface area contributed by atoms with E-state index < -0.39 is 5.91 Å². The van der Waals surface area contributed by atoms with Crippen LogP contribution < -0.4 is 5.32 Å². The Morgan fingerprint density at radius 2 is 1.95 bits per heavy atom. The Kier molecular flexibility index (Phi) is 4.61. The van der Waals surface area contributed by atoms with Gasteiger partial charge in [-0.05, 0) is 75.5 Å². The summed E-state index contributed by atoms with van der Waals surface area (Å²) in [4.78, 5) is 12.0. The molecular weight excluding hydrogens is 475 g/mol. The third-order valence-electron chi connectivity index (χ3n) is 2.41. The molecule has 19 heavy (non-hydrogen) atoms. The molecule has 3 nitrogen and oxygen atoms in total. The van der Waals surface area contributed by atoms with Crippen molar-refractivity contribution in [3.63, 3.8) is 0 Å². The number of halogens is 3. The number of rotatable bonds is 2. The Morgan fingerprint density at radius 3 is 2.63 bits per heavy atom. The minimum Gasteiger partial charge on any atom is -0.507 e. The lowest BCUT2D eigenvalue weighted by Crippen LogP contribution is -2.13. The average molecular weight is 483 g/mol. The predicted octanol–water partition coefficient (Wildman–Crippen LogP) is 3.99. The largest absolute Gasteiger partial charge is 0.507 e. The monoisotopic (exact) mass is 483 g/mol. The van der Waals surface area contributed by atoms with Gasteiger partial charge >= 0.3 is 0 Å². The average Bonchev–Trinajstić information content (AvgIpc) is 2.38. The number of phenols is 1. The van der Waals surface area contributed by atoms with Crippen molar-refractivity contribution in [3.8, 4) is 5.75 Å². The van der Waals surface area contributed by atoms with Crippen LogP contribution in [0.4, 0.5) is 10.1 Å². The van der Waals surface area contributed by atoms with Gasteiger partial charge in [-0.2, -0.15) is 0 Å². The first-order chi connectivity index (χ1) is 8.99. The number of nitrogens with one attached hydrogen (secondary N) is 1. The van der Waals surface area contributed by atoms with Gasteiger partial charge in [0.05, 0.1) is 12.8 Å². The molecular formula is C13H8FI2NO2. The van der Waals surface area contributed by atoms with E-state index in [0.717, 1.165) is 0 Å². The van der Waals surface area contributed by atoms with Crippen molar-refractivity contribution in [1.82, 2.24) is 0 Å². The van der Waals surface area contributed by atoms with Gasteiger partial charge in [-0.25, -0.2) is 4.39 Å². The van der Waals surface area contributed by atoms with E-state index in [9.17, 15) is 14.3 Å². The Labute approximate surface area is 136 Å². The second-order valence-corrected chi connectivity index (χ2v) is 5.96. The summed E-state index contributed by atoms with van der Waals surface area (Å²) in [6.45, 7) is 0. The number of phenolic OH excluding ortho intramolecular Hbond substituents is 1. The molecule has 0 radical (unpaired) electrons. The molecule has 0 bridgehead atoms.